The van der Waals surface area contributed by atoms with Crippen molar-refractivity contribution in [2.75, 3.05) is 52.1 Å². The van der Waals surface area contributed by atoms with Crippen molar-refractivity contribution in [1.29, 1.82) is 0 Å². The zero-order chi connectivity index (χ0) is 15.4. The van der Waals surface area contributed by atoms with E-state index in [1.807, 2.05) is 6.07 Å². The monoisotopic (exact) mass is 319 g/mol. The maximum atomic E-state index is 12.2. The zero-order valence-corrected chi connectivity index (χ0v) is 14.1. The highest BCUT2D eigenvalue weighted by Gasteiger charge is 2.32. The van der Waals surface area contributed by atoms with Gasteiger partial charge in [-0.05, 0) is 25.6 Å². The molecule has 120 valence electrons. The van der Waals surface area contributed by atoms with Crippen LogP contribution in [-0.2, 0) is 4.79 Å². The number of thioether (sulfide) groups is 1. The summed E-state index contributed by atoms with van der Waals surface area (Å²) < 4.78 is 0. The molecule has 0 radical (unpaired) electrons. The first kappa shape index (κ1) is 15.8. The molecule has 1 amide bonds. The van der Waals surface area contributed by atoms with Crippen molar-refractivity contribution in [3.63, 3.8) is 0 Å². The maximum Gasteiger partial charge on any atom is 0.233 e. The van der Waals surface area contributed by atoms with E-state index >= 15 is 0 Å². The second kappa shape index (κ2) is 7.49. The lowest BCUT2D eigenvalue weighted by atomic mass is 10.2. The minimum atomic E-state index is 0.209. The molecule has 5 heteroatoms. The molecule has 1 atom stereocenters. The molecule has 0 aromatic heterocycles. The van der Waals surface area contributed by atoms with Crippen molar-refractivity contribution in [2.24, 2.45) is 0 Å². The third-order valence-corrected chi connectivity index (χ3v) is 5.78. The minimum Gasteiger partial charge on any atom is -0.326 e. The molecule has 1 aromatic carbocycles. The molecule has 22 heavy (non-hydrogen) atoms. The fourth-order valence-electron chi connectivity index (χ4n) is 3.13. The van der Waals surface area contributed by atoms with Crippen molar-refractivity contribution >= 4 is 17.7 Å². The average molecular weight is 319 g/mol. The number of carbonyl (C=O) groups is 1. The lowest BCUT2D eigenvalue weighted by Crippen LogP contribution is -2.45. The van der Waals surface area contributed by atoms with E-state index in [0.29, 0.717) is 5.75 Å². The molecular formula is C17H25N3OS. The number of carbonyl (C=O) groups excluding carboxylic acids is 1. The van der Waals surface area contributed by atoms with Crippen LogP contribution in [0.5, 0.6) is 0 Å². The number of piperazine rings is 1. The number of rotatable bonds is 5. The second-order valence-corrected chi connectivity index (χ2v) is 7.23. The van der Waals surface area contributed by atoms with Gasteiger partial charge in [-0.3, -0.25) is 4.79 Å². The molecule has 2 saturated heterocycles. The van der Waals surface area contributed by atoms with Crippen LogP contribution in [-0.4, -0.2) is 72.7 Å². The van der Waals surface area contributed by atoms with Gasteiger partial charge >= 0.3 is 0 Å². The summed E-state index contributed by atoms with van der Waals surface area (Å²) in [6.07, 6.45) is 1.07. The molecule has 0 bridgehead atoms. The third kappa shape index (κ3) is 3.83. The van der Waals surface area contributed by atoms with E-state index in [4.69, 9.17) is 0 Å². The summed E-state index contributed by atoms with van der Waals surface area (Å²) in [5.74, 6) is 0.908. The fraction of sp³-hybridized carbons (Fsp3) is 0.588. The molecule has 0 N–H and O–H groups in total. The van der Waals surface area contributed by atoms with Gasteiger partial charge in [-0.25, -0.2) is 0 Å². The molecule has 2 aliphatic rings. The fourth-order valence-corrected chi connectivity index (χ4v) is 4.34. The number of likely N-dealkylation sites (N-methyl/N-ethyl adjacent to an activating group) is 1. The van der Waals surface area contributed by atoms with E-state index in [-0.39, 0.29) is 11.3 Å². The first-order valence-electron chi connectivity index (χ1n) is 8.11. The Labute approximate surface area is 137 Å². The number of benzene rings is 1. The van der Waals surface area contributed by atoms with E-state index < -0.39 is 0 Å². The molecule has 2 heterocycles. The molecule has 0 saturated carbocycles. The standard InChI is InChI=1S/C17H25N3OS/c1-18-10-12-19(13-11-18)8-5-9-20-16(21)14-22-17(20)15-6-3-2-4-7-15/h2-4,6-7,17H,5,8-14H2,1H3/t17-/m1/s1. The Balaban J connectivity index is 1.51. The van der Waals surface area contributed by atoms with Gasteiger partial charge in [0.2, 0.25) is 5.91 Å². The van der Waals surface area contributed by atoms with Gasteiger partial charge in [0, 0.05) is 32.7 Å². The van der Waals surface area contributed by atoms with E-state index in [2.05, 4.69) is 46.0 Å². The van der Waals surface area contributed by atoms with Crippen molar-refractivity contribution < 1.29 is 4.79 Å². The molecule has 0 aliphatic carbocycles. The van der Waals surface area contributed by atoms with Crippen LogP contribution in [0.1, 0.15) is 17.4 Å². The Morgan fingerprint density at radius 3 is 2.55 bits per heavy atom. The Morgan fingerprint density at radius 1 is 1.09 bits per heavy atom. The Bertz CT molecular complexity index is 488. The van der Waals surface area contributed by atoms with Crippen LogP contribution in [0.2, 0.25) is 0 Å². The van der Waals surface area contributed by atoms with Gasteiger partial charge in [0.05, 0.1) is 5.75 Å². The van der Waals surface area contributed by atoms with Crippen LogP contribution in [0.4, 0.5) is 0 Å². The summed E-state index contributed by atoms with van der Waals surface area (Å²) >= 11 is 1.75. The predicted molar refractivity (Wildman–Crippen MR) is 91.9 cm³/mol. The smallest absolute Gasteiger partial charge is 0.233 e. The van der Waals surface area contributed by atoms with E-state index in [1.165, 1.54) is 5.56 Å². The SMILES string of the molecule is CN1CCN(CCCN2C(=O)CS[C@@H]2c2ccccc2)CC1. The van der Waals surface area contributed by atoms with Crippen LogP contribution in [0.15, 0.2) is 30.3 Å². The zero-order valence-electron chi connectivity index (χ0n) is 13.3. The summed E-state index contributed by atoms with van der Waals surface area (Å²) in [4.78, 5) is 19.1. The molecule has 2 fully saturated rings. The molecule has 2 aliphatic heterocycles. The van der Waals surface area contributed by atoms with Gasteiger partial charge in [-0.15, -0.1) is 11.8 Å². The summed E-state index contributed by atoms with van der Waals surface area (Å²) in [7, 11) is 2.18. The van der Waals surface area contributed by atoms with Crippen molar-refractivity contribution in [3.8, 4) is 0 Å². The van der Waals surface area contributed by atoms with Crippen molar-refractivity contribution in [2.45, 2.75) is 11.8 Å². The van der Waals surface area contributed by atoms with E-state index in [9.17, 15) is 4.79 Å². The van der Waals surface area contributed by atoms with Gasteiger partial charge in [0.15, 0.2) is 0 Å². The normalized spacial score (nSPS) is 24.1. The summed E-state index contributed by atoms with van der Waals surface area (Å²) in [5.41, 5.74) is 1.25. The Kier molecular flexibility index (Phi) is 5.39. The highest BCUT2D eigenvalue weighted by Crippen LogP contribution is 2.38. The number of amides is 1. The molecule has 1 aromatic rings. The van der Waals surface area contributed by atoms with Crippen LogP contribution in [0, 0.1) is 0 Å². The number of hydrogen-bond donors (Lipinski definition) is 0. The van der Waals surface area contributed by atoms with Gasteiger partial charge in [0.1, 0.15) is 5.37 Å². The Morgan fingerprint density at radius 2 is 1.82 bits per heavy atom. The van der Waals surface area contributed by atoms with E-state index in [0.717, 1.165) is 45.7 Å². The summed E-state index contributed by atoms with van der Waals surface area (Å²) in [6, 6.07) is 10.4. The minimum absolute atomic E-state index is 0.209. The highest BCUT2D eigenvalue weighted by molar-refractivity contribution is 8.00. The topological polar surface area (TPSA) is 26.8 Å². The van der Waals surface area contributed by atoms with Crippen LogP contribution < -0.4 is 0 Å². The lowest BCUT2D eigenvalue weighted by molar-refractivity contribution is -0.128. The largest absolute Gasteiger partial charge is 0.326 e. The summed E-state index contributed by atoms with van der Waals surface area (Å²) in [5, 5.41) is 0.209. The first-order valence-corrected chi connectivity index (χ1v) is 9.16. The maximum absolute atomic E-state index is 12.2. The van der Waals surface area contributed by atoms with Crippen molar-refractivity contribution in [1.82, 2.24) is 14.7 Å². The second-order valence-electron chi connectivity index (χ2n) is 6.16. The summed E-state index contributed by atoms with van der Waals surface area (Å²) in [6.45, 7) is 6.60. The van der Waals surface area contributed by atoms with Crippen LogP contribution >= 0.6 is 11.8 Å². The van der Waals surface area contributed by atoms with Gasteiger partial charge in [-0.1, -0.05) is 30.3 Å². The number of hydrogen-bond acceptors (Lipinski definition) is 4. The predicted octanol–water partition coefficient (Wildman–Crippen LogP) is 1.90. The van der Waals surface area contributed by atoms with E-state index in [1.54, 1.807) is 11.8 Å². The quantitative estimate of drug-likeness (QED) is 0.828. The molecule has 4 nitrogen and oxygen atoms in total. The lowest BCUT2D eigenvalue weighted by Gasteiger charge is -2.33. The molecule has 0 spiro atoms. The molecular weight excluding hydrogens is 294 g/mol. The van der Waals surface area contributed by atoms with Gasteiger partial charge in [0.25, 0.3) is 0 Å². The average Bonchev–Trinajstić information content (AvgIpc) is 2.91. The van der Waals surface area contributed by atoms with Gasteiger partial charge in [-0.2, -0.15) is 0 Å². The molecule has 3 rings (SSSR count). The third-order valence-electron chi connectivity index (χ3n) is 4.52. The van der Waals surface area contributed by atoms with Crippen LogP contribution in [0.3, 0.4) is 0 Å². The number of nitrogens with zero attached hydrogens (tertiary/aromatic N) is 3. The highest BCUT2D eigenvalue weighted by atomic mass is 32.2. The van der Waals surface area contributed by atoms with Crippen LogP contribution in [0.25, 0.3) is 0 Å². The van der Waals surface area contributed by atoms with Gasteiger partial charge < -0.3 is 14.7 Å². The van der Waals surface area contributed by atoms with Crippen molar-refractivity contribution in [3.05, 3.63) is 35.9 Å². The first-order chi connectivity index (χ1) is 10.7. The molecule has 0 unspecified atom stereocenters. The Hall–Kier alpha value is -1.04.